The van der Waals surface area contributed by atoms with Crippen LogP contribution in [0.1, 0.15) is 71.4 Å². The molecule has 13 heteroatoms. The maximum atomic E-state index is 13.1. The fourth-order valence-electron chi connectivity index (χ4n) is 5.06. The molecule has 1 heterocycles. The van der Waals surface area contributed by atoms with Crippen molar-refractivity contribution in [2.75, 3.05) is 25.0 Å². The second-order valence-electron chi connectivity index (χ2n) is 10.7. The molecule has 2 aromatic carbocycles. The van der Waals surface area contributed by atoms with E-state index >= 15 is 0 Å². The quantitative estimate of drug-likeness (QED) is 0.271. The lowest BCUT2D eigenvalue weighted by molar-refractivity contribution is -0.192. The van der Waals surface area contributed by atoms with Gasteiger partial charge < -0.3 is 26.4 Å². The fraction of sp³-hybridized carbons (Fsp3) is 0.433. The lowest BCUT2D eigenvalue weighted by Crippen LogP contribution is -2.51. The van der Waals surface area contributed by atoms with Crippen LogP contribution in [0.4, 0.5) is 18.9 Å². The molecule has 10 nitrogen and oxygen atoms in total. The van der Waals surface area contributed by atoms with Crippen molar-refractivity contribution in [3.8, 4) is 0 Å². The Morgan fingerprint density at radius 1 is 1.00 bits per heavy atom. The molecule has 1 aliphatic heterocycles. The summed E-state index contributed by atoms with van der Waals surface area (Å²) in [6, 6.07) is 11.0. The van der Waals surface area contributed by atoms with E-state index < -0.39 is 24.2 Å². The monoisotopic (exact) mass is 604 g/mol. The van der Waals surface area contributed by atoms with Crippen molar-refractivity contribution in [1.29, 1.82) is 0 Å². The topological polar surface area (TPSA) is 159 Å². The number of halogens is 3. The van der Waals surface area contributed by atoms with Crippen LogP contribution in [0.2, 0.25) is 0 Å². The van der Waals surface area contributed by atoms with Gasteiger partial charge in [0, 0.05) is 42.0 Å². The van der Waals surface area contributed by atoms with Gasteiger partial charge in [0.1, 0.15) is 6.04 Å². The minimum atomic E-state index is -5.08. The molecule has 1 saturated heterocycles. The third-order valence-electron chi connectivity index (χ3n) is 7.04. The van der Waals surface area contributed by atoms with Gasteiger partial charge in [-0.15, -0.1) is 0 Å². The highest BCUT2D eigenvalue weighted by Gasteiger charge is 2.38. The number of rotatable bonds is 9. The summed E-state index contributed by atoms with van der Waals surface area (Å²) in [6.45, 7) is 5.53. The molecule has 0 spiro atoms. The SMILES string of the molecule is CC(C)C[C@H](N)C(=O)N1CCC[C@@H]1C(=O)NCCCNc1cccc2c1C(=O)c1ccccc1C2=O.O=C(O)C(F)(F)F. The number of carbonyl (C=O) groups is 5. The van der Waals surface area contributed by atoms with Gasteiger partial charge in [0.2, 0.25) is 11.8 Å². The number of hydrogen-bond acceptors (Lipinski definition) is 7. The standard InChI is InChI=1S/C28H34N4O4.C2HF3O2/c1-17(2)16-21(29)28(36)32-15-6-12-23(32)27(35)31-14-7-13-30-22-11-5-10-20-24(22)26(34)19-9-4-3-8-18(19)25(20)33;3-2(4,5)1(6)7/h3-5,8-11,17,21,23,30H,6-7,12-16,29H2,1-2H3,(H,31,35);(H,6,7)/t21-,23+;/m0./s1. The van der Waals surface area contributed by atoms with Crippen molar-refractivity contribution in [1.82, 2.24) is 10.2 Å². The van der Waals surface area contributed by atoms with E-state index in [4.69, 9.17) is 15.6 Å². The zero-order chi connectivity index (χ0) is 31.9. The molecule has 0 bridgehead atoms. The molecular formula is C30H35F3N4O6. The van der Waals surface area contributed by atoms with E-state index in [2.05, 4.69) is 10.6 Å². The summed E-state index contributed by atoms with van der Waals surface area (Å²) in [5, 5.41) is 13.3. The van der Waals surface area contributed by atoms with E-state index in [-0.39, 0.29) is 23.4 Å². The first-order valence-corrected chi connectivity index (χ1v) is 13.9. The van der Waals surface area contributed by atoms with Crippen LogP contribution in [-0.4, -0.2) is 77.3 Å². The van der Waals surface area contributed by atoms with Gasteiger partial charge in [-0.2, -0.15) is 13.2 Å². The Morgan fingerprint density at radius 3 is 2.21 bits per heavy atom. The first-order chi connectivity index (χ1) is 20.2. The van der Waals surface area contributed by atoms with E-state index in [0.29, 0.717) is 72.8 Å². The van der Waals surface area contributed by atoms with Gasteiger partial charge in [0.25, 0.3) is 0 Å². The summed E-state index contributed by atoms with van der Waals surface area (Å²) >= 11 is 0. The van der Waals surface area contributed by atoms with Crippen LogP contribution in [0.3, 0.4) is 0 Å². The number of likely N-dealkylation sites (tertiary alicyclic amines) is 1. The van der Waals surface area contributed by atoms with Crippen LogP contribution in [0, 0.1) is 5.92 Å². The van der Waals surface area contributed by atoms with E-state index in [9.17, 15) is 32.3 Å². The maximum Gasteiger partial charge on any atom is 0.490 e. The van der Waals surface area contributed by atoms with Gasteiger partial charge in [-0.3, -0.25) is 19.2 Å². The Kier molecular flexibility index (Phi) is 11.0. The second kappa shape index (κ2) is 14.3. The molecule has 2 aromatic rings. The number of fused-ring (bicyclic) bond motifs is 2. The van der Waals surface area contributed by atoms with E-state index in [1.165, 1.54) is 0 Å². The summed E-state index contributed by atoms with van der Waals surface area (Å²) in [5.74, 6) is -3.08. The van der Waals surface area contributed by atoms with Crippen molar-refractivity contribution >= 4 is 35.0 Å². The van der Waals surface area contributed by atoms with Crippen LogP contribution in [0.5, 0.6) is 0 Å². The fourth-order valence-corrected chi connectivity index (χ4v) is 5.06. The highest BCUT2D eigenvalue weighted by Crippen LogP contribution is 2.32. The normalized spacial score (nSPS) is 16.5. The Bertz CT molecular complexity index is 1380. The van der Waals surface area contributed by atoms with Crippen molar-refractivity contribution in [3.05, 3.63) is 64.7 Å². The number of carboxylic acid groups (broad SMARTS) is 1. The van der Waals surface area contributed by atoms with E-state index in [0.717, 1.165) is 6.42 Å². The van der Waals surface area contributed by atoms with Crippen molar-refractivity contribution in [2.24, 2.45) is 11.7 Å². The van der Waals surface area contributed by atoms with Crippen LogP contribution >= 0.6 is 0 Å². The molecule has 2 amide bonds. The molecule has 232 valence electrons. The van der Waals surface area contributed by atoms with E-state index in [1.807, 2.05) is 13.8 Å². The Balaban J connectivity index is 0.000000646. The first kappa shape index (κ1) is 33.2. The number of aliphatic carboxylic acids is 1. The van der Waals surface area contributed by atoms with Gasteiger partial charge in [-0.25, -0.2) is 4.79 Å². The molecule has 0 aromatic heterocycles. The Labute approximate surface area is 246 Å². The number of amides is 2. The Hall–Kier alpha value is -4.26. The summed E-state index contributed by atoms with van der Waals surface area (Å²) in [7, 11) is 0. The molecule has 0 unspecified atom stereocenters. The zero-order valence-electron chi connectivity index (χ0n) is 23.9. The molecular weight excluding hydrogens is 569 g/mol. The number of anilines is 1. The van der Waals surface area contributed by atoms with Gasteiger partial charge in [0.15, 0.2) is 11.6 Å². The highest BCUT2D eigenvalue weighted by molar-refractivity contribution is 6.30. The lowest BCUT2D eigenvalue weighted by atomic mass is 9.83. The van der Waals surface area contributed by atoms with Gasteiger partial charge >= 0.3 is 12.1 Å². The smallest absolute Gasteiger partial charge is 0.475 e. The van der Waals surface area contributed by atoms with E-state index in [1.54, 1.807) is 47.4 Å². The number of ketones is 2. The molecule has 43 heavy (non-hydrogen) atoms. The molecule has 0 radical (unpaired) electrons. The molecule has 1 fully saturated rings. The second-order valence-corrected chi connectivity index (χ2v) is 10.7. The molecule has 0 saturated carbocycles. The van der Waals surface area contributed by atoms with Gasteiger partial charge in [0.05, 0.1) is 11.6 Å². The molecule has 1 aliphatic carbocycles. The van der Waals surface area contributed by atoms with Crippen molar-refractivity contribution in [2.45, 2.75) is 57.8 Å². The average molecular weight is 605 g/mol. The minimum absolute atomic E-state index is 0.153. The number of carbonyl (C=O) groups excluding carboxylic acids is 4. The zero-order valence-corrected chi connectivity index (χ0v) is 23.9. The number of nitrogens with one attached hydrogen (secondary N) is 2. The summed E-state index contributed by atoms with van der Waals surface area (Å²) < 4.78 is 31.7. The van der Waals surface area contributed by atoms with Crippen molar-refractivity contribution in [3.63, 3.8) is 0 Å². The lowest BCUT2D eigenvalue weighted by Gasteiger charge is -2.27. The summed E-state index contributed by atoms with van der Waals surface area (Å²) in [6.07, 6.45) is -2.45. The first-order valence-electron chi connectivity index (χ1n) is 13.9. The number of nitrogens with zero attached hydrogens (tertiary/aromatic N) is 1. The van der Waals surface area contributed by atoms with Gasteiger partial charge in [-0.1, -0.05) is 50.2 Å². The largest absolute Gasteiger partial charge is 0.490 e. The third kappa shape index (κ3) is 8.19. The third-order valence-corrected chi connectivity index (χ3v) is 7.04. The maximum absolute atomic E-state index is 13.1. The molecule has 5 N–H and O–H groups in total. The van der Waals surface area contributed by atoms with Crippen LogP contribution < -0.4 is 16.4 Å². The van der Waals surface area contributed by atoms with Crippen molar-refractivity contribution < 1.29 is 42.3 Å². The molecule has 2 atom stereocenters. The molecule has 4 rings (SSSR count). The summed E-state index contributed by atoms with van der Waals surface area (Å²) in [5.41, 5.74) is 8.32. The highest BCUT2D eigenvalue weighted by atomic mass is 19.4. The number of hydrogen-bond donors (Lipinski definition) is 4. The summed E-state index contributed by atoms with van der Waals surface area (Å²) in [4.78, 5) is 62.0. The number of nitrogens with two attached hydrogens (primary N) is 1. The van der Waals surface area contributed by atoms with Gasteiger partial charge in [-0.05, 0) is 37.7 Å². The predicted octanol–water partition coefficient (Wildman–Crippen LogP) is 3.38. The number of alkyl halides is 3. The van der Waals surface area contributed by atoms with Crippen LogP contribution in [-0.2, 0) is 14.4 Å². The predicted molar refractivity (Wildman–Crippen MR) is 152 cm³/mol. The number of carboxylic acids is 1. The van der Waals surface area contributed by atoms with Crippen LogP contribution in [0.15, 0.2) is 42.5 Å². The average Bonchev–Trinajstić information content (AvgIpc) is 3.45. The molecule has 2 aliphatic rings. The Morgan fingerprint density at radius 2 is 1.60 bits per heavy atom. The minimum Gasteiger partial charge on any atom is -0.475 e. The van der Waals surface area contributed by atoms with Crippen LogP contribution in [0.25, 0.3) is 0 Å². The number of benzene rings is 2.